The van der Waals surface area contributed by atoms with Crippen molar-refractivity contribution >= 4 is 5.91 Å². The van der Waals surface area contributed by atoms with Crippen molar-refractivity contribution in [3.8, 4) is 11.8 Å². The first-order valence-electron chi connectivity index (χ1n) is 6.90. The fourth-order valence-corrected chi connectivity index (χ4v) is 2.18. The van der Waals surface area contributed by atoms with Crippen molar-refractivity contribution in [1.29, 1.82) is 0 Å². The van der Waals surface area contributed by atoms with Crippen LogP contribution in [-0.4, -0.2) is 66.4 Å². The molecular weight excluding hydrogens is 306 g/mol. The van der Waals surface area contributed by atoms with Gasteiger partial charge in [0.15, 0.2) is 11.9 Å². The molecule has 1 saturated heterocycles. The lowest BCUT2D eigenvalue weighted by Gasteiger charge is -2.17. The minimum absolute atomic E-state index is 0.0365. The number of rotatable bonds is 3. The number of imidazole rings is 1. The number of nitrogens with zero attached hydrogens (tertiary/aromatic N) is 2. The largest absolute Gasteiger partial charge is 0.394 e. The Morgan fingerprint density at radius 1 is 1.48 bits per heavy atom. The maximum Gasteiger partial charge on any atom is 0.270 e. The highest BCUT2D eigenvalue weighted by Crippen LogP contribution is 2.30. The van der Waals surface area contributed by atoms with Gasteiger partial charge in [0, 0.05) is 0 Å². The van der Waals surface area contributed by atoms with Crippen molar-refractivity contribution in [2.75, 3.05) is 6.61 Å². The van der Waals surface area contributed by atoms with Crippen molar-refractivity contribution in [2.45, 2.75) is 44.0 Å². The van der Waals surface area contributed by atoms with Crippen LogP contribution in [0.4, 0.5) is 0 Å². The second kappa shape index (κ2) is 6.27. The third kappa shape index (κ3) is 3.52. The maximum atomic E-state index is 11.5. The average molecular weight is 325 g/mol. The lowest BCUT2D eigenvalue weighted by molar-refractivity contribution is -0.0531. The number of aliphatic hydroxyl groups is 4. The fourth-order valence-electron chi connectivity index (χ4n) is 2.18. The molecule has 1 aromatic rings. The molecule has 9 nitrogen and oxygen atoms in total. The zero-order chi connectivity index (χ0) is 17.4. The summed E-state index contributed by atoms with van der Waals surface area (Å²) in [5.74, 6) is 4.28. The molecule has 23 heavy (non-hydrogen) atoms. The summed E-state index contributed by atoms with van der Waals surface area (Å²) in [7, 11) is 0. The van der Waals surface area contributed by atoms with Crippen LogP contribution in [0.3, 0.4) is 0 Å². The van der Waals surface area contributed by atoms with E-state index in [1.54, 1.807) is 0 Å². The monoisotopic (exact) mass is 325 g/mol. The van der Waals surface area contributed by atoms with E-state index < -0.39 is 42.7 Å². The molecule has 1 aromatic heterocycles. The molecule has 2 heterocycles. The van der Waals surface area contributed by atoms with Crippen LogP contribution in [0.5, 0.6) is 0 Å². The molecule has 2 rings (SSSR count). The first kappa shape index (κ1) is 17.4. The predicted octanol–water partition coefficient (Wildman–Crippen LogP) is -2.28. The number of nitrogens with two attached hydrogens (primary N) is 1. The summed E-state index contributed by atoms with van der Waals surface area (Å²) in [6, 6.07) is 0. The summed E-state index contributed by atoms with van der Waals surface area (Å²) < 4.78 is 6.62. The third-order valence-electron chi connectivity index (χ3n) is 3.31. The molecule has 9 heteroatoms. The van der Waals surface area contributed by atoms with E-state index in [-0.39, 0.29) is 11.4 Å². The van der Waals surface area contributed by atoms with Crippen molar-refractivity contribution in [3.05, 3.63) is 17.7 Å². The third-order valence-corrected chi connectivity index (χ3v) is 3.31. The van der Waals surface area contributed by atoms with E-state index in [1.165, 1.54) is 24.7 Å². The maximum absolute atomic E-state index is 11.5. The Labute approximate surface area is 132 Å². The number of aromatic nitrogens is 2. The summed E-state index contributed by atoms with van der Waals surface area (Å²) in [4.78, 5) is 15.3. The molecule has 6 N–H and O–H groups in total. The number of ether oxygens (including phenoxy) is 1. The van der Waals surface area contributed by atoms with E-state index in [1.807, 2.05) is 0 Å². The number of hydrogen-bond acceptors (Lipinski definition) is 7. The summed E-state index contributed by atoms with van der Waals surface area (Å²) in [6.07, 6.45) is -3.56. The van der Waals surface area contributed by atoms with Crippen LogP contribution in [0.15, 0.2) is 6.33 Å². The SMILES string of the molecule is CC(C)(O)C#Cc1c(C(N)=O)ncn1[C@@H]1O[C@H](CO)[C@@H](O)[C@H]1O. The van der Waals surface area contributed by atoms with Gasteiger partial charge in [0.1, 0.15) is 29.6 Å². The molecule has 0 radical (unpaired) electrons. The number of carbonyl (C=O) groups excluding carboxylic acids is 1. The van der Waals surface area contributed by atoms with Gasteiger partial charge in [0.2, 0.25) is 0 Å². The van der Waals surface area contributed by atoms with Crippen LogP contribution in [0.2, 0.25) is 0 Å². The topological polar surface area (TPSA) is 151 Å². The molecule has 1 aliphatic heterocycles. The summed E-state index contributed by atoms with van der Waals surface area (Å²) in [5, 5.41) is 38.7. The molecule has 1 aliphatic rings. The van der Waals surface area contributed by atoms with Gasteiger partial charge in [-0.05, 0) is 19.8 Å². The van der Waals surface area contributed by atoms with E-state index >= 15 is 0 Å². The zero-order valence-electron chi connectivity index (χ0n) is 12.7. The zero-order valence-corrected chi connectivity index (χ0v) is 12.7. The number of amides is 1. The van der Waals surface area contributed by atoms with Gasteiger partial charge < -0.3 is 30.9 Å². The van der Waals surface area contributed by atoms with Crippen molar-refractivity contribution < 1.29 is 30.0 Å². The van der Waals surface area contributed by atoms with E-state index in [4.69, 9.17) is 15.6 Å². The van der Waals surface area contributed by atoms with Gasteiger partial charge in [-0.1, -0.05) is 5.92 Å². The number of hydrogen-bond donors (Lipinski definition) is 5. The lowest BCUT2D eigenvalue weighted by atomic mass is 10.1. The van der Waals surface area contributed by atoms with E-state index in [0.717, 1.165) is 0 Å². The van der Waals surface area contributed by atoms with Gasteiger partial charge in [-0.3, -0.25) is 9.36 Å². The molecule has 0 aliphatic carbocycles. The minimum atomic E-state index is -1.36. The minimum Gasteiger partial charge on any atom is -0.394 e. The van der Waals surface area contributed by atoms with Gasteiger partial charge in [0.05, 0.1) is 12.9 Å². The number of aliphatic hydroxyl groups excluding tert-OH is 3. The van der Waals surface area contributed by atoms with Crippen LogP contribution in [0.25, 0.3) is 0 Å². The quantitative estimate of drug-likeness (QED) is 0.393. The van der Waals surface area contributed by atoms with Gasteiger partial charge in [-0.2, -0.15) is 0 Å². The highest BCUT2D eigenvalue weighted by Gasteiger charge is 2.44. The summed E-state index contributed by atoms with van der Waals surface area (Å²) in [6.45, 7) is 2.42. The van der Waals surface area contributed by atoms with Crippen molar-refractivity contribution in [2.24, 2.45) is 5.73 Å². The molecule has 4 atom stereocenters. The molecular formula is C14H19N3O6. The summed E-state index contributed by atoms with van der Waals surface area (Å²) >= 11 is 0. The lowest BCUT2D eigenvalue weighted by Crippen LogP contribution is -2.33. The van der Waals surface area contributed by atoms with E-state index in [0.29, 0.717) is 0 Å². The molecule has 1 fully saturated rings. The molecule has 0 bridgehead atoms. The Bertz CT molecular complexity index is 654. The number of carbonyl (C=O) groups is 1. The second-order valence-electron chi connectivity index (χ2n) is 5.75. The van der Waals surface area contributed by atoms with Gasteiger partial charge >= 0.3 is 0 Å². The first-order valence-corrected chi connectivity index (χ1v) is 6.90. The second-order valence-corrected chi connectivity index (χ2v) is 5.75. The normalized spacial score (nSPS) is 27.6. The Hall–Kier alpha value is -1.96. The van der Waals surface area contributed by atoms with Gasteiger partial charge in [0.25, 0.3) is 5.91 Å². The smallest absolute Gasteiger partial charge is 0.270 e. The van der Waals surface area contributed by atoms with E-state index in [2.05, 4.69) is 16.8 Å². The Balaban J connectivity index is 2.47. The molecule has 0 saturated carbocycles. The Kier molecular flexibility index (Phi) is 4.74. The first-order chi connectivity index (χ1) is 10.7. The van der Waals surface area contributed by atoms with Crippen LogP contribution < -0.4 is 5.73 Å². The molecule has 0 spiro atoms. The Morgan fingerprint density at radius 2 is 2.13 bits per heavy atom. The fraction of sp³-hybridized carbons (Fsp3) is 0.571. The highest BCUT2D eigenvalue weighted by molar-refractivity contribution is 5.93. The van der Waals surface area contributed by atoms with Gasteiger partial charge in [-0.25, -0.2) is 4.98 Å². The van der Waals surface area contributed by atoms with Crippen molar-refractivity contribution in [1.82, 2.24) is 9.55 Å². The van der Waals surface area contributed by atoms with Crippen LogP contribution in [0.1, 0.15) is 36.3 Å². The standard InChI is InChI=1S/C14H19N3O6/c1-14(2,22)4-3-7-9(12(15)21)16-6-17(7)13-11(20)10(19)8(5-18)23-13/h6,8,10-11,13,18-20,22H,5H2,1-2H3,(H2,15,21)/t8-,10-,11-,13-/m1/s1. The summed E-state index contributed by atoms with van der Waals surface area (Å²) in [5.41, 5.74) is 3.80. The highest BCUT2D eigenvalue weighted by atomic mass is 16.6. The van der Waals surface area contributed by atoms with Crippen LogP contribution >= 0.6 is 0 Å². The van der Waals surface area contributed by atoms with Crippen LogP contribution in [0, 0.1) is 11.8 Å². The molecule has 0 unspecified atom stereocenters. The van der Waals surface area contributed by atoms with Crippen LogP contribution in [-0.2, 0) is 4.74 Å². The Morgan fingerprint density at radius 3 is 2.61 bits per heavy atom. The van der Waals surface area contributed by atoms with Gasteiger partial charge in [-0.15, -0.1) is 0 Å². The predicted molar refractivity (Wildman–Crippen MR) is 76.9 cm³/mol. The molecule has 0 aromatic carbocycles. The molecule has 1 amide bonds. The average Bonchev–Trinajstić information content (AvgIpc) is 2.99. The van der Waals surface area contributed by atoms with Crippen molar-refractivity contribution in [3.63, 3.8) is 0 Å². The number of primary amides is 1. The van der Waals surface area contributed by atoms with E-state index in [9.17, 15) is 20.1 Å². The molecule has 126 valence electrons.